The fourth-order valence-corrected chi connectivity index (χ4v) is 5.96. The summed E-state index contributed by atoms with van der Waals surface area (Å²) in [6.07, 6.45) is 2.95. The lowest BCUT2D eigenvalue weighted by Crippen LogP contribution is -2.62. The van der Waals surface area contributed by atoms with Gasteiger partial charge in [0.15, 0.2) is 5.54 Å². The number of carbonyl (C=O) groups is 1. The molecule has 5 nitrogen and oxygen atoms in total. The second-order valence-corrected chi connectivity index (χ2v) is 11.8. The Kier molecular flexibility index (Phi) is 6.13. The highest BCUT2D eigenvalue weighted by atomic mass is 79.9. The van der Waals surface area contributed by atoms with Crippen molar-refractivity contribution >= 4 is 32.9 Å². The molecule has 0 bridgehead atoms. The van der Waals surface area contributed by atoms with Gasteiger partial charge in [-0.3, -0.25) is 0 Å². The SMILES string of the molecule is CCOC(=O)[C@]1(N[S@@](=O)C(C)(C)C)c2cc(Br)ccc2CC12CCC(O)CC2. The minimum Gasteiger partial charge on any atom is -0.464 e. The molecule has 2 atom stereocenters. The van der Waals surface area contributed by atoms with Crippen LogP contribution >= 0.6 is 15.9 Å². The van der Waals surface area contributed by atoms with Crippen LogP contribution in [0.4, 0.5) is 0 Å². The lowest BCUT2D eigenvalue weighted by atomic mass is 9.62. The van der Waals surface area contributed by atoms with Gasteiger partial charge in [0.1, 0.15) is 0 Å². The van der Waals surface area contributed by atoms with E-state index in [1.165, 1.54) is 0 Å². The van der Waals surface area contributed by atoms with E-state index >= 15 is 0 Å². The predicted molar refractivity (Wildman–Crippen MR) is 114 cm³/mol. The molecule has 0 amide bonds. The van der Waals surface area contributed by atoms with Gasteiger partial charge in [-0.2, -0.15) is 0 Å². The second kappa shape index (κ2) is 7.82. The standard InChI is InChI=1S/C21H30BrNO4S/c1-5-27-18(25)21(23-28(26)19(2,3)4)17-12-15(22)7-6-14(17)13-20(21)10-8-16(24)9-11-20/h6-7,12,16,23-24H,5,8-11,13H2,1-4H3/t16?,20?,21-,28+/m1/s1. The number of rotatable bonds is 4. The van der Waals surface area contributed by atoms with Crippen molar-refractivity contribution in [1.82, 2.24) is 4.72 Å². The molecule has 0 heterocycles. The Hall–Kier alpha value is -0.760. The molecule has 2 aliphatic rings. The fourth-order valence-electron chi connectivity index (χ4n) is 4.60. The Labute approximate surface area is 178 Å². The number of aliphatic hydroxyl groups excluding tert-OH is 1. The molecule has 3 rings (SSSR count). The summed E-state index contributed by atoms with van der Waals surface area (Å²) in [5, 5.41) is 10.1. The van der Waals surface area contributed by atoms with Crippen LogP contribution in [0.3, 0.4) is 0 Å². The second-order valence-electron chi connectivity index (χ2n) is 8.94. The quantitative estimate of drug-likeness (QED) is 0.655. The van der Waals surface area contributed by atoms with Crippen molar-refractivity contribution in [3.8, 4) is 0 Å². The van der Waals surface area contributed by atoms with Gasteiger partial charge in [-0.15, -0.1) is 0 Å². The number of benzene rings is 1. The van der Waals surface area contributed by atoms with E-state index in [9.17, 15) is 14.1 Å². The van der Waals surface area contributed by atoms with Gasteiger partial charge in [0.25, 0.3) is 0 Å². The molecule has 1 spiro atoms. The highest BCUT2D eigenvalue weighted by molar-refractivity contribution is 9.10. The van der Waals surface area contributed by atoms with E-state index < -0.39 is 26.7 Å². The van der Waals surface area contributed by atoms with Gasteiger partial charge in [0.2, 0.25) is 0 Å². The van der Waals surface area contributed by atoms with E-state index in [2.05, 4.69) is 20.7 Å². The van der Waals surface area contributed by atoms with Crippen molar-refractivity contribution in [2.24, 2.45) is 5.41 Å². The van der Waals surface area contributed by atoms with Crippen LogP contribution in [0.25, 0.3) is 0 Å². The molecule has 0 aliphatic heterocycles. The molecule has 7 heteroatoms. The summed E-state index contributed by atoms with van der Waals surface area (Å²) in [7, 11) is -1.47. The summed E-state index contributed by atoms with van der Waals surface area (Å²) in [6, 6.07) is 5.97. The minimum absolute atomic E-state index is 0.256. The predicted octanol–water partition coefficient (Wildman–Crippen LogP) is 3.74. The van der Waals surface area contributed by atoms with Crippen molar-refractivity contribution in [2.45, 2.75) is 76.2 Å². The molecular formula is C21H30BrNO4S. The zero-order chi connectivity index (χ0) is 20.7. The highest BCUT2D eigenvalue weighted by Crippen LogP contribution is 2.59. The number of ether oxygens (including phenoxy) is 1. The third-order valence-electron chi connectivity index (χ3n) is 6.10. The van der Waals surface area contributed by atoms with Crippen LogP contribution in [0.2, 0.25) is 0 Å². The third kappa shape index (κ3) is 3.59. The normalized spacial score (nSPS) is 30.9. The van der Waals surface area contributed by atoms with Crippen molar-refractivity contribution in [3.05, 3.63) is 33.8 Å². The molecule has 28 heavy (non-hydrogen) atoms. The van der Waals surface area contributed by atoms with Crippen molar-refractivity contribution < 1.29 is 18.8 Å². The van der Waals surface area contributed by atoms with Gasteiger partial charge in [0, 0.05) is 9.89 Å². The number of hydrogen-bond acceptors (Lipinski definition) is 4. The van der Waals surface area contributed by atoms with Crippen molar-refractivity contribution in [3.63, 3.8) is 0 Å². The number of esters is 1. The van der Waals surface area contributed by atoms with Crippen LogP contribution in [0.15, 0.2) is 22.7 Å². The monoisotopic (exact) mass is 471 g/mol. The largest absolute Gasteiger partial charge is 0.464 e. The lowest BCUT2D eigenvalue weighted by Gasteiger charge is -2.48. The van der Waals surface area contributed by atoms with E-state index in [1.807, 2.05) is 39.0 Å². The molecule has 2 aliphatic carbocycles. The molecule has 0 saturated heterocycles. The summed E-state index contributed by atoms with van der Waals surface area (Å²) in [5.41, 5.74) is 0.253. The van der Waals surface area contributed by atoms with Gasteiger partial charge < -0.3 is 9.84 Å². The van der Waals surface area contributed by atoms with Gasteiger partial charge in [-0.05, 0) is 83.1 Å². The van der Waals surface area contributed by atoms with Crippen LogP contribution in [0, 0.1) is 5.41 Å². The first-order valence-electron chi connectivity index (χ1n) is 9.89. The summed E-state index contributed by atoms with van der Waals surface area (Å²) in [6.45, 7) is 7.72. The summed E-state index contributed by atoms with van der Waals surface area (Å²) in [4.78, 5) is 13.6. The molecule has 1 saturated carbocycles. The average Bonchev–Trinajstić information content (AvgIpc) is 2.87. The van der Waals surface area contributed by atoms with Crippen LogP contribution in [-0.4, -0.2) is 32.7 Å². The zero-order valence-corrected chi connectivity index (χ0v) is 19.4. The van der Waals surface area contributed by atoms with Crippen LogP contribution < -0.4 is 4.72 Å². The molecule has 1 fully saturated rings. The molecule has 1 aromatic rings. The molecule has 1 aromatic carbocycles. The topological polar surface area (TPSA) is 75.6 Å². The van der Waals surface area contributed by atoms with Crippen molar-refractivity contribution in [2.75, 3.05) is 6.61 Å². The molecule has 156 valence electrons. The van der Waals surface area contributed by atoms with Gasteiger partial charge in [-0.1, -0.05) is 22.0 Å². The Morgan fingerprint density at radius 3 is 2.57 bits per heavy atom. The van der Waals surface area contributed by atoms with Crippen LogP contribution in [-0.2, 0) is 32.5 Å². The Morgan fingerprint density at radius 1 is 1.36 bits per heavy atom. The number of hydrogen-bond donors (Lipinski definition) is 2. The number of aliphatic hydroxyl groups is 1. The van der Waals surface area contributed by atoms with Crippen molar-refractivity contribution in [1.29, 1.82) is 0 Å². The number of carbonyl (C=O) groups excluding carboxylic acids is 1. The molecule has 0 aromatic heterocycles. The van der Waals surface area contributed by atoms with Crippen LogP contribution in [0.5, 0.6) is 0 Å². The number of nitrogens with one attached hydrogen (secondary N) is 1. The lowest BCUT2D eigenvalue weighted by molar-refractivity contribution is -0.159. The maximum atomic E-state index is 13.6. The first kappa shape index (κ1) is 21.9. The Balaban J connectivity index is 2.22. The molecule has 2 N–H and O–H groups in total. The summed E-state index contributed by atoms with van der Waals surface area (Å²) < 4.78 is 22.4. The Morgan fingerprint density at radius 2 is 2.00 bits per heavy atom. The number of fused-ring (bicyclic) bond motifs is 1. The fraction of sp³-hybridized carbons (Fsp3) is 0.667. The van der Waals surface area contributed by atoms with Gasteiger partial charge >= 0.3 is 5.97 Å². The molecule has 0 radical (unpaired) electrons. The van der Waals surface area contributed by atoms with E-state index in [-0.39, 0.29) is 18.7 Å². The van der Waals surface area contributed by atoms with E-state index in [0.717, 1.165) is 15.6 Å². The van der Waals surface area contributed by atoms with E-state index in [1.54, 1.807) is 6.92 Å². The van der Waals surface area contributed by atoms with Crippen LogP contribution in [0.1, 0.15) is 64.5 Å². The zero-order valence-electron chi connectivity index (χ0n) is 17.0. The Bertz CT molecular complexity index is 783. The number of halogens is 1. The third-order valence-corrected chi connectivity index (χ3v) is 8.19. The first-order valence-corrected chi connectivity index (χ1v) is 11.8. The maximum Gasteiger partial charge on any atom is 0.332 e. The highest BCUT2D eigenvalue weighted by Gasteiger charge is 2.64. The summed E-state index contributed by atoms with van der Waals surface area (Å²) >= 11 is 3.54. The molecular weight excluding hydrogens is 442 g/mol. The van der Waals surface area contributed by atoms with Gasteiger partial charge in [0.05, 0.1) is 28.4 Å². The molecule has 0 unspecified atom stereocenters. The first-order chi connectivity index (χ1) is 13.1. The maximum absolute atomic E-state index is 13.6. The van der Waals surface area contributed by atoms with E-state index in [4.69, 9.17) is 4.74 Å². The summed E-state index contributed by atoms with van der Waals surface area (Å²) in [5.74, 6) is -0.374. The van der Waals surface area contributed by atoms with Gasteiger partial charge in [-0.25, -0.2) is 13.7 Å². The smallest absolute Gasteiger partial charge is 0.332 e. The minimum atomic E-state index is -1.47. The average molecular weight is 472 g/mol. The van der Waals surface area contributed by atoms with E-state index in [0.29, 0.717) is 32.1 Å².